The predicted octanol–water partition coefficient (Wildman–Crippen LogP) is 2.85. The molecule has 1 aliphatic carbocycles. The van der Waals surface area contributed by atoms with Crippen LogP contribution in [0.2, 0.25) is 0 Å². The van der Waals surface area contributed by atoms with Crippen LogP contribution in [0.15, 0.2) is 24.3 Å². The first-order chi connectivity index (χ1) is 9.45. The number of nitrogens with one attached hydrogen (secondary N) is 1. The summed E-state index contributed by atoms with van der Waals surface area (Å²) in [5.41, 5.74) is 5.94. The van der Waals surface area contributed by atoms with Crippen LogP contribution < -0.4 is 11.1 Å². The van der Waals surface area contributed by atoms with Crippen molar-refractivity contribution in [2.75, 3.05) is 0 Å². The molecule has 5 heteroatoms. The number of nitrogens with two attached hydrogens (primary N) is 1. The van der Waals surface area contributed by atoms with Crippen molar-refractivity contribution in [2.24, 2.45) is 11.1 Å². The molecule has 1 aliphatic rings. The highest BCUT2D eigenvalue weighted by atomic mass is 32.1. The zero-order valence-electron chi connectivity index (χ0n) is 11.5. The third kappa shape index (κ3) is 2.82. The maximum absolute atomic E-state index is 12.9. The largest absolute Gasteiger partial charge is 0.392 e. The summed E-state index contributed by atoms with van der Waals surface area (Å²) in [6, 6.07) is 5.91. The molecule has 1 amide bonds. The molecule has 1 saturated carbocycles. The van der Waals surface area contributed by atoms with E-state index >= 15 is 0 Å². The minimum atomic E-state index is -0.705. The van der Waals surface area contributed by atoms with Crippen LogP contribution in [0.4, 0.5) is 4.39 Å². The molecular formula is C15H19FN2OS. The minimum Gasteiger partial charge on any atom is -0.392 e. The first-order valence-electron chi connectivity index (χ1n) is 6.82. The molecular weight excluding hydrogens is 275 g/mol. The van der Waals surface area contributed by atoms with Crippen LogP contribution in [0.5, 0.6) is 0 Å². The summed E-state index contributed by atoms with van der Waals surface area (Å²) in [6.07, 6.45) is 3.36. The summed E-state index contributed by atoms with van der Waals surface area (Å²) in [5.74, 6) is -0.401. The highest BCUT2D eigenvalue weighted by Crippen LogP contribution is 2.39. The molecule has 20 heavy (non-hydrogen) atoms. The number of hydrogen-bond acceptors (Lipinski definition) is 2. The molecule has 1 aromatic carbocycles. The Bertz CT molecular complexity index is 509. The van der Waals surface area contributed by atoms with Gasteiger partial charge in [0.15, 0.2) is 0 Å². The molecule has 0 radical (unpaired) electrons. The van der Waals surface area contributed by atoms with Gasteiger partial charge in [-0.05, 0) is 37.5 Å². The summed E-state index contributed by atoms with van der Waals surface area (Å²) in [6.45, 7) is 1.87. The second-order valence-corrected chi connectivity index (χ2v) is 5.84. The molecule has 3 nitrogen and oxygen atoms in total. The Labute approximate surface area is 123 Å². The van der Waals surface area contributed by atoms with E-state index in [9.17, 15) is 9.18 Å². The first-order valence-corrected chi connectivity index (χ1v) is 7.23. The van der Waals surface area contributed by atoms with Crippen LogP contribution in [-0.4, -0.2) is 10.9 Å². The standard InChI is InChI=1S/C15H19FN2OS/c1-10(11-4-6-12(16)7-5-11)18-14(19)15(13(17)20)8-2-3-9-15/h4-7,10H,2-3,8-9H2,1H3,(H2,17,20)(H,18,19). The van der Waals surface area contributed by atoms with E-state index in [2.05, 4.69) is 5.32 Å². The lowest BCUT2D eigenvalue weighted by Crippen LogP contribution is -2.47. The van der Waals surface area contributed by atoms with E-state index in [0.29, 0.717) is 12.8 Å². The number of halogens is 1. The van der Waals surface area contributed by atoms with E-state index in [1.807, 2.05) is 6.92 Å². The van der Waals surface area contributed by atoms with E-state index < -0.39 is 5.41 Å². The van der Waals surface area contributed by atoms with Gasteiger partial charge in [0, 0.05) is 0 Å². The summed E-state index contributed by atoms with van der Waals surface area (Å²) >= 11 is 5.10. The number of benzene rings is 1. The van der Waals surface area contributed by atoms with Gasteiger partial charge < -0.3 is 11.1 Å². The normalized spacial score (nSPS) is 18.5. The van der Waals surface area contributed by atoms with Crippen LogP contribution in [-0.2, 0) is 4.79 Å². The molecule has 0 heterocycles. The molecule has 0 bridgehead atoms. The van der Waals surface area contributed by atoms with E-state index in [1.54, 1.807) is 12.1 Å². The van der Waals surface area contributed by atoms with Gasteiger partial charge in [0.2, 0.25) is 5.91 Å². The second-order valence-electron chi connectivity index (χ2n) is 5.40. The molecule has 1 unspecified atom stereocenters. The molecule has 2 rings (SSSR count). The van der Waals surface area contributed by atoms with Crippen LogP contribution in [0, 0.1) is 11.2 Å². The van der Waals surface area contributed by atoms with Crippen molar-refractivity contribution >= 4 is 23.1 Å². The lowest BCUT2D eigenvalue weighted by atomic mass is 9.84. The van der Waals surface area contributed by atoms with Crippen molar-refractivity contribution in [1.82, 2.24) is 5.32 Å². The van der Waals surface area contributed by atoms with Crippen LogP contribution in [0.3, 0.4) is 0 Å². The molecule has 0 spiro atoms. The fourth-order valence-corrected chi connectivity index (χ4v) is 3.03. The third-order valence-corrected chi connectivity index (χ3v) is 4.47. The van der Waals surface area contributed by atoms with Crippen LogP contribution in [0.1, 0.15) is 44.2 Å². The van der Waals surface area contributed by atoms with Crippen LogP contribution >= 0.6 is 12.2 Å². The van der Waals surface area contributed by atoms with Gasteiger partial charge in [-0.25, -0.2) is 4.39 Å². The van der Waals surface area contributed by atoms with Gasteiger partial charge >= 0.3 is 0 Å². The van der Waals surface area contributed by atoms with Crippen LogP contribution in [0.25, 0.3) is 0 Å². The number of carbonyl (C=O) groups excluding carboxylic acids is 1. The van der Waals surface area contributed by atoms with E-state index in [0.717, 1.165) is 18.4 Å². The predicted molar refractivity (Wildman–Crippen MR) is 80.6 cm³/mol. The molecule has 0 aromatic heterocycles. The van der Waals surface area contributed by atoms with Crippen molar-refractivity contribution in [3.05, 3.63) is 35.6 Å². The first kappa shape index (κ1) is 14.9. The fraction of sp³-hybridized carbons (Fsp3) is 0.467. The summed E-state index contributed by atoms with van der Waals surface area (Å²) < 4.78 is 12.9. The van der Waals surface area contributed by atoms with Crippen molar-refractivity contribution in [3.8, 4) is 0 Å². The van der Waals surface area contributed by atoms with Gasteiger partial charge in [-0.1, -0.05) is 37.2 Å². The Kier molecular flexibility index (Phi) is 4.38. The number of carbonyl (C=O) groups is 1. The van der Waals surface area contributed by atoms with Gasteiger partial charge in [0.1, 0.15) is 5.82 Å². The lowest BCUT2D eigenvalue weighted by Gasteiger charge is -2.28. The molecule has 3 N–H and O–H groups in total. The number of rotatable bonds is 4. The molecule has 108 valence electrons. The maximum atomic E-state index is 12.9. The van der Waals surface area contributed by atoms with Crippen molar-refractivity contribution in [3.63, 3.8) is 0 Å². The van der Waals surface area contributed by atoms with E-state index in [1.165, 1.54) is 12.1 Å². The molecule has 1 fully saturated rings. The zero-order valence-corrected chi connectivity index (χ0v) is 12.3. The SMILES string of the molecule is CC(NC(=O)C1(C(N)=S)CCCC1)c1ccc(F)cc1. The monoisotopic (exact) mass is 294 g/mol. The van der Waals surface area contributed by atoms with Gasteiger partial charge in [-0.3, -0.25) is 4.79 Å². The second kappa shape index (κ2) is 5.87. The van der Waals surface area contributed by atoms with Gasteiger partial charge in [-0.15, -0.1) is 0 Å². The average Bonchev–Trinajstić information content (AvgIpc) is 2.90. The highest BCUT2D eigenvalue weighted by Gasteiger charge is 2.44. The Morgan fingerprint density at radius 1 is 1.35 bits per heavy atom. The van der Waals surface area contributed by atoms with Gasteiger partial charge in [0.05, 0.1) is 16.4 Å². The minimum absolute atomic E-state index is 0.112. The van der Waals surface area contributed by atoms with Crippen molar-refractivity contribution in [2.45, 2.75) is 38.6 Å². The van der Waals surface area contributed by atoms with Gasteiger partial charge in [0.25, 0.3) is 0 Å². The van der Waals surface area contributed by atoms with E-state index in [-0.39, 0.29) is 22.8 Å². The summed E-state index contributed by atoms with van der Waals surface area (Å²) in [5, 5.41) is 2.95. The lowest BCUT2D eigenvalue weighted by molar-refractivity contribution is -0.128. The van der Waals surface area contributed by atoms with E-state index in [4.69, 9.17) is 18.0 Å². The fourth-order valence-electron chi connectivity index (χ4n) is 2.73. The third-order valence-electron chi connectivity index (χ3n) is 4.08. The average molecular weight is 294 g/mol. The molecule has 1 aromatic rings. The van der Waals surface area contributed by atoms with Crippen molar-refractivity contribution in [1.29, 1.82) is 0 Å². The Hall–Kier alpha value is -1.49. The Morgan fingerprint density at radius 2 is 1.90 bits per heavy atom. The maximum Gasteiger partial charge on any atom is 0.233 e. The highest BCUT2D eigenvalue weighted by molar-refractivity contribution is 7.80. The molecule has 0 saturated heterocycles. The number of amides is 1. The number of thiocarbonyl (C=S) groups is 1. The Morgan fingerprint density at radius 3 is 2.40 bits per heavy atom. The van der Waals surface area contributed by atoms with Crippen molar-refractivity contribution < 1.29 is 9.18 Å². The topological polar surface area (TPSA) is 55.1 Å². The van der Waals surface area contributed by atoms with Gasteiger partial charge in [-0.2, -0.15) is 0 Å². The molecule has 0 aliphatic heterocycles. The quantitative estimate of drug-likeness (QED) is 0.840. The summed E-state index contributed by atoms with van der Waals surface area (Å²) in [7, 11) is 0. The Balaban J connectivity index is 2.10. The summed E-state index contributed by atoms with van der Waals surface area (Å²) in [4.78, 5) is 12.8. The smallest absolute Gasteiger partial charge is 0.233 e. The molecule has 1 atom stereocenters. The number of hydrogen-bond donors (Lipinski definition) is 2. The zero-order chi connectivity index (χ0) is 14.8.